The van der Waals surface area contributed by atoms with Gasteiger partial charge in [-0.2, -0.15) is 0 Å². The van der Waals surface area contributed by atoms with Gasteiger partial charge in [0.2, 0.25) is 0 Å². The third kappa shape index (κ3) is 14.2. The lowest BCUT2D eigenvalue weighted by atomic mass is 9.86. The third-order valence-corrected chi connectivity index (χ3v) is 5.70. The number of allylic oxidation sites excluding steroid dienone is 3. The highest BCUT2D eigenvalue weighted by Crippen LogP contribution is 2.28. The van der Waals surface area contributed by atoms with Crippen molar-refractivity contribution in [1.29, 1.82) is 0 Å². The lowest BCUT2D eigenvalue weighted by Crippen LogP contribution is -2.41. The molecule has 1 N–H and O–H groups in total. The Morgan fingerprint density at radius 2 is 0.875 bits per heavy atom. The highest BCUT2D eigenvalue weighted by atomic mass is 16.5. The van der Waals surface area contributed by atoms with Crippen LogP contribution in [-0.4, -0.2) is 64.6 Å². The van der Waals surface area contributed by atoms with E-state index in [1.807, 2.05) is 6.08 Å². The molecule has 5 heteroatoms. The molecule has 0 radical (unpaired) electrons. The topological polar surface area (TPSA) is 57.2 Å². The zero-order valence-corrected chi connectivity index (χ0v) is 22.1. The second-order valence-electron chi connectivity index (χ2n) is 9.75. The molecule has 0 aromatic rings. The van der Waals surface area contributed by atoms with E-state index in [2.05, 4.69) is 67.5 Å². The highest BCUT2D eigenvalue weighted by molar-refractivity contribution is 4.94. The summed E-state index contributed by atoms with van der Waals surface area (Å²) in [6.45, 7) is 20.9. The highest BCUT2D eigenvalue weighted by Gasteiger charge is 2.33. The summed E-state index contributed by atoms with van der Waals surface area (Å²) in [7, 11) is 0. The molecular formula is C27H50O5. The lowest BCUT2D eigenvalue weighted by molar-refractivity contribution is -0.0990. The first-order valence-corrected chi connectivity index (χ1v) is 12.0. The molecule has 0 bridgehead atoms. The van der Waals surface area contributed by atoms with Crippen LogP contribution >= 0.6 is 0 Å². The quantitative estimate of drug-likeness (QED) is 0.199. The molecule has 0 spiro atoms. The maximum atomic E-state index is 10.1. The van der Waals surface area contributed by atoms with Crippen LogP contribution in [0.3, 0.4) is 0 Å². The lowest BCUT2D eigenvalue weighted by Gasteiger charge is -2.35. The summed E-state index contributed by atoms with van der Waals surface area (Å²) in [5, 5.41) is 10.1. The van der Waals surface area contributed by atoms with Crippen LogP contribution in [0.1, 0.15) is 68.2 Å². The minimum absolute atomic E-state index is 0.0333. The van der Waals surface area contributed by atoms with Crippen LogP contribution < -0.4 is 0 Å². The van der Waals surface area contributed by atoms with Crippen LogP contribution in [0.15, 0.2) is 34.9 Å². The monoisotopic (exact) mass is 454 g/mol. The normalized spacial score (nSPS) is 13.4. The fourth-order valence-corrected chi connectivity index (χ4v) is 2.87. The van der Waals surface area contributed by atoms with E-state index in [0.29, 0.717) is 52.9 Å². The van der Waals surface area contributed by atoms with E-state index in [9.17, 15) is 5.11 Å². The van der Waals surface area contributed by atoms with Crippen molar-refractivity contribution in [2.75, 3.05) is 59.5 Å². The molecule has 0 aliphatic heterocycles. The van der Waals surface area contributed by atoms with E-state index in [-0.39, 0.29) is 12.0 Å². The summed E-state index contributed by atoms with van der Waals surface area (Å²) >= 11 is 0. The molecule has 0 heterocycles. The predicted molar refractivity (Wildman–Crippen MR) is 134 cm³/mol. The summed E-state index contributed by atoms with van der Waals surface area (Å²) < 4.78 is 24.0. The molecule has 1 atom stereocenters. The smallest absolute Gasteiger partial charge is 0.0650 e. The van der Waals surface area contributed by atoms with Crippen molar-refractivity contribution in [2.45, 2.75) is 68.2 Å². The van der Waals surface area contributed by atoms with Crippen LogP contribution in [0.5, 0.6) is 0 Å². The van der Waals surface area contributed by atoms with Gasteiger partial charge in [0.1, 0.15) is 0 Å². The van der Waals surface area contributed by atoms with Gasteiger partial charge in [0.05, 0.1) is 59.5 Å². The molecule has 32 heavy (non-hydrogen) atoms. The average Bonchev–Trinajstić information content (AvgIpc) is 2.75. The third-order valence-electron chi connectivity index (χ3n) is 5.70. The van der Waals surface area contributed by atoms with Gasteiger partial charge in [-0.1, -0.05) is 48.8 Å². The first kappa shape index (κ1) is 31.0. The molecule has 0 fully saturated rings. The minimum Gasteiger partial charge on any atom is -0.396 e. The van der Waals surface area contributed by atoms with Crippen molar-refractivity contribution in [2.24, 2.45) is 10.8 Å². The van der Waals surface area contributed by atoms with Gasteiger partial charge in [-0.15, -0.1) is 0 Å². The molecule has 1 unspecified atom stereocenters. The molecule has 0 rings (SSSR count). The first-order chi connectivity index (χ1) is 15.1. The Morgan fingerprint density at radius 1 is 0.562 bits per heavy atom. The number of ether oxygens (including phenoxy) is 4. The van der Waals surface area contributed by atoms with E-state index in [1.165, 1.54) is 16.7 Å². The van der Waals surface area contributed by atoms with Gasteiger partial charge < -0.3 is 24.1 Å². The van der Waals surface area contributed by atoms with Gasteiger partial charge in [-0.3, -0.25) is 0 Å². The van der Waals surface area contributed by atoms with E-state index >= 15 is 0 Å². The largest absolute Gasteiger partial charge is 0.396 e. The van der Waals surface area contributed by atoms with Gasteiger partial charge >= 0.3 is 0 Å². The van der Waals surface area contributed by atoms with Crippen LogP contribution in [0.4, 0.5) is 0 Å². The minimum atomic E-state index is -0.402. The number of hydrogen-bond donors (Lipinski definition) is 1. The Bertz CT molecular complexity index is 537. The van der Waals surface area contributed by atoms with Crippen molar-refractivity contribution in [3.63, 3.8) is 0 Å². The predicted octanol–water partition coefficient (Wildman–Crippen LogP) is 5.74. The molecule has 0 aliphatic carbocycles. The Hall–Kier alpha value is -0.980. The van der Waals surface area contributed by atoms with Crippen LogP contribution in [0, 0.1) is 10.8 Å². The fraction of sp³-hybridized carbons (Fsp3) is 0.778. The van der Waals surface area contributed by atoms with E-state index < -0.39 is 5.41 Å². The van der Waals surface area contributed by atoms with Crippen molar-refractivity contribution in [3.8, 4) is 0 Å². The molecule has 0 aromatic carbocycles. The molecule has 0 saturated carbocycles. The van der Waals surface area contributed by atoms with E-state index in [0.717, 1.165) is 12.8 Å². The maximum Gasteiger partial charge on any atom is 0.0650 e. The number of aliphatic hydroxyl groups excluding tert-OH is 1. The molecule has 0 saturated heterocycles. The SMILES string of the molecule is CCC(CO)(COCC=C(C)C)COCC(CC)(COCC=C(C)C)COCC=C(C)C. The van der Waals surface area contributed by atoms with E-state index in [4.69, 9.17) is 18.9 Å². The summed E-state index contributed by atoms with van der Waals surface area (Å²) in [4.78, 5) is 0. The zero-order valence-electron chi connectivity index (χ0n) is 22.1. The van der Waals surface area contributed by atoms with Crippen molar-refractivity contribution < 1.29 is 24.1 Å². The van der Waals surface area contributed by atoms with Crippen molar-refractivity contribution in [1.82, 2.24) is 0 Å². The summed E-state index contributed by atoms with van der Waals surface area (Å²) in [5.74, 6) is 0. The maximum absolute atomic E-state index is 10.1. The van der Waals surface area contributed by atoms with Gasteiger partial charge in [-0.05, 0) is 54.4 Å². The van der Waals surface area contributed by atoms with Gasteiger partial charge in [-0.25, -0.2) is 0 Å². The summed E-state index contributed by atoms with van der Waals surface area (Å²) in [6, 6.07) is 0. The Balaban J connectivity index is 5.04. The van der Waals surface area contributed by atoms with Crippen LogP contribution in [0.2, 0.25) is 0 Å². The molecule has 188 valence electrons. The molecule has 0 aliphatic rings. The summed E-state index contributed by atoms with van der Waals surface area (Å²) in [5.41, 5.74) is 3.07. The summed E-state index contributed by atoms with van der Waals surface area (Å²) in [6.07, 6.45) is 7.89. The molecule has 5 nitrogen and oxygen atoms in total. The van der Waals surface area contributed by atoms with Crippen molar-refractivity contribution >= 4 is 0 Å². The van der Waals surface area contributed by atoms with Gasteiger partial charge in [0.25, 0.3) is 0 Å². The van der Waals surface area contributed by atoms with Gasteiger partial charge in [0, 0.05) is 10.8 Å². The Labute approximate surface area is 197 Å². The van der Waals surface area contributed by atoms with Crippen molar-refractivity contribution in [3.05, 3.63) is 34.9 Å². The standard InChI is InChI=1S/C27H50O5/c1-9-26(17-28,18-29-14-11-23(3)4)19-32-22-27(10-2,20-30-15-12-24(5)6)21-31-16-13-25(7)8/h11-13,28H,9-10,14-22H2,1-8H3. The second kappa shape index (κ2) is 17.5. The molecule has 0 amide bonds. The van der Waals surface area contributed by atoms with Crippen LogP contribution in [0.25, 0.3) is 0 Å². The fourth-order valence-electron chi connectivity index (χ4n) is 2.87. The Morgan fingerprint density at radius 3 is 1.19 bits per heavy atom. The van der Waals surface area contributed by atoms with Crippen LogP contribution in [-0.2, 0) is 18.9 Å². The average molecular weight is 455 g/mol. The first-order valence-electron chi connectivity index (χ1n) is 12.0. The Kier molecular flexibility index (Phi) is 17.0. The van der Waals surface area contributed by atoms with E-state index in [1.54, 1.807) is 0 Å². The number of hydrogen-bond acceptors (Lipinski definition) is 5. The number of aliphatic hydroxyl groups is 1. The molecule has 0 aromatic heterocycles. The molecular weight excluding hydrogens is 404 g/mol. The number of rotatable bonds is 19. The van der Waals surface area contributed by atoms with Gasteiger partial charge in [0.15, 0.2) is 0 Å². The zero-order chi connectivity index (χ0) is 24.5. The second-order valence-corrected chi connectivity index (χ2v) is 9.75.